The van der Waals surface area contributed by atoms with Crippen molar-refractivity contribution in [3.8, 4) is 0 Å². The number of aromatic nitrogens is 1. The van der Waals surface area contributed by atoms with Crippen molar-refractivity contribution in [3.05, 3.63) is 29.8 Å². The summed E-state index contributed by atoms with van der Waals surface area (Å²) in [6, 6.07) is 2.53. The highest BCUT2D eigenvalue weighted by Gasteiger charge is 2.44. The smallest absolute Gasteiger partial charge is 0.269 e. The second-order valence-corrected chi connectivity index (χ2v) is 6.07. The minimum atomic E-state index is -0.866. The number of rotatable bonds is 4. The second kappa shape index (κ2) is 6.07. The van der Waals surface area contributed by atoms with Crippen LogP contribution in [0.25, 0.3) is 0 Å². The number of carbonyl (C=O) groups is 1. The molecule has 1 aromatic rings. The maximum absolute atomic E-state index is 12.8. The highest BCUT2D eigenvalue weighted by molar-refractivity contribution is 5.92. The minimum Gasteiger partial charge on any atom is -0.389 e. The van der Waals surface area contributed by atoms with Crippen LogP contribution in [0.5, 0.6) is 0 Å². The van der Waals surface area contributed by atoms with Gasteiger partial charge in [-0.1, -0.05) is 13.8 Å². The SMILES string of the molecule is CC(C)(CNC(=O)c1ccc(F)cn1)C1(O)CCOCC1. The normalized spacial score (nSPS) is 18.3. The minimum absolute atomic E-state index is 0.158. The molecule has 0 bridgehead atoms. The molecule has 5 nitrogen and oxygen atoms in total. The Balaban J connectivity index is 1.97. The predicted molar refractivity (Wildman–Crippen MR) is 75.3 cm³/mol. The fourth-order valence-corrected chi connectivity index (χ4v) is 2.45. The summed E-state index contributed by atoms with van der Waals surface area (Å²) in [5.41, 5.74) is -1.20. The molecule has 1 fully saturated rings. The first-order valence-electron chi connectivity index (χ1n) is 7.04. The summed E-state index contributed by atoms with van der Waals surface area (Å²) in [5, 5.41) is 13.5. The molecule has 0 unspecified atom stereocenters. The van der Waals surface area contributed by atoms with E-state index in [4.69, 9.17) is 4.74 Å². The number of hydrogen-bond donors (Lipinski definition) is 2. The van der Waals surface area contributed by atoms with Crippen molar-refractivity contribution < 1.29 is 19.0 Å². The van der Waals surface area contributed by atoms with E-state index in [2.05, 4.69) is 10.3 Å². The van der Waals surface area contributed by atoms with Crippen LogP contribution < -0.4 is 5.32 Å². The predicted octanol–water partition coefficient (Wildman–Crippen LogP) is 1.52. The average molecular weight is 296 g/mol. The molecule has 0 radical (unpaired) electrons. The topological polar surface area (TPSA) is 71.5 Å². The van der Waals surface area contributed by atoms with E-state index in [0.29, 0.717) is 32.6 Å². The molecule has 1 aromatic heterocycles. The van der Waals surface area contributed by atoms with Crippen molar-refractivity contribution >= 4 is 5.91 Å². The molecule has 2 N–H and O–H groups in total. The highest BCUT2D eigenvalue weighted by Crippen LogP contribution is 2.38. The van der Waals surface area contributed by atoms with Crippen LogP contribution in [0.4, 0.5) is 4.39 Å². The Kier molecular flexibility index (Phi) is 4.58. The number of nitrogens with one attached hydrogen (secondary N) is 1. The number of amides is 1. The fraction of sp³-hybridized carbons (Fsp3) is 0.600. The zero-order valence-corrected chi connectivity index (χ0v) is 12.4. The van der Waals surface area contributed by atoms with Crippen molar-refractivity contribution in [2.24, 2.45) is 5.41 Å². The third-order valence-electron chi connectivity index (χ3n) is 4.23. The van der Waals surface area contributed by atoms with E-state index in [1.807, 2.05) is 13.8 Å². The Morgan fingerprint density at radius 1 is 1.48 bits per heavy atom. The van der Waals surface area contributed by atoms with Crippen molar-refractivity contribution in [1.29, 1.82) is 0 Å². The van der Waals surface area contributed by atoms with Gasteiger partial charge in [-0.2, -0.15) is 0 Å². The van der Waals surface area contributed by atoms with Crippen LogP contribution >= 0.6 is 0 Å². The van der Waals surface area contributed by atoms with Gasteiger partial charge in [0.2, 0.25) is 0 Å². The third-order valence-corrected chi connectivity index (χ3v) is 4.23. The molecule has 2 heterocycles. The van der Waals surface area contributed by atoms with Gasteiger partial charge < -0.3 is 15.2 Å². The Hall–Kier alpha value is -1.53. The van der Waals surface area contributed by atoms with E-state index in [-0.39, 0.29) is 11.6 Å². The molecule has 0 atom stereocenters. The van der Waals surface area contributed by atoms with Crippen LogP contribution in [0, 0.1) is 11.2 Å². The van der Waals surface area contributed by atoms with E-state index in [1.54, 1.807) is 0 Å². The van der Waals surface area contributed by atoms with E-state index in [0.717, 1.165) is 6.20 Å². The molecular weight excluding hydrogens is 275 g/mol. The number of aliphatic hydroxyl groups is 1. The van der Waals surface area contributed by atoms with Gasteiger partial charge in [0.25, 0.3) is 5.91 Å². The van der Waals surface area contributed by atoms with Crippen LogP contribution in [-0.2, 0) is 4.74 Å². The molecule has 1 saturated heterocycles. The number of halogens is 1. The van der Waals surface area contributed by atoms with Crippen LogP contribution in [0.2, 0.25) is 0 Å². The summed E-state index contributed by atoms with van der Waals surface area (Å²) in [5.74, 6) is -0.859. The van der Waals surface area contributed by atoms with Crippen LogP contribution in [0.1, 0.15) is 37.2 Å². The average Bonchev–Trinajstić information content (AvgIpc) is 2.46. The Morgan fingerprint density at radius 3 is 2.71 bits per heavy atom. The lowest BCUT2D eigenvalue weighted by Crippen LogP contribution is -2.53. The van der Waals surface area contributed by atoms with E-state index in [9.17, 15) is 14.3 Å². The standard InChI is InChI=1S/C15H21FN2O3/c1-14(2,15(20)5-7-21-8-6-15)10-18-13(19)12-4-3-11(16)9-17-12/h3-4,9,20H,5-8,10H2,1-2H3,(H,18,19). The Bertz CT molecular complexity index is 496. The number of nitrogens with zero attached hydrogens (tertiary/aromatic N) is 1. The van der Waals surface area contributed by atoms with Crippen LogP contribution in [0.3, 0.4) is 0 Å². The van der Waals surface area contributed by atoms with Gasteiger partial charge in [0.15, 0.2) is 0 Å². The quantitative estimate of drug-likeness (QED) is 0.883. The lowest BCUT2D eigenvalue weighted by atomic mass is 9.70. The summed E-state index contributed by atoms with van der Waals surface area (Å²) in [7, 11) is 0. The highest BCUT2D eigenvalue weighted by atomic mass is 19.1. The fourth-order valence-electron chi connectivity index (χ4n) is 2.45. The monoisotopic (exact) mass is 296 g/mol. The van der Waals surface area contributed by atoms with E-state index >= 15 is 0 Å². The molecule has 116 valence electrons. The van der Waals surface area contributed by atoms with Gasteiger partial charge in [-0.25, -0.2) is 9.37 Å². The van der Waals surface area contributed by atoms with Gasteiger partial charge in [-0.3, -0.25) is 4.79 Å². The third kappa shape index (κ3) is 3.57. The molecule has 6 heteroatoms. The van der Waals surface area contributed by atoms with Crippen molar-refractivity contribution in [1.82, 2.24) is 10.3 Å². The molecule has 0 spiro atoms. The summed E-state index contributed by atoms with van der Waals surface area (Å²) in [6.07, 6.45) is 2.10. The lowest BCUT2D eigenvalue weighted by molar-refractivity contribution is -0.130. The van der Waals surface area contributed by atoms with Crippen LogP contribution in [0.15, 0.2) is 18.3 Å². The van der Waals surface area contributed by atoms with Crippen LogP contribution in [-0.4, -0.2) is 41.4 Å². The first kappa shape index (κ1) is 15.9. The van der Waals surface area contributed by atoms with Gasteiger partial charge in [0.1, 0.15) is 11.5 Å². The van der Waals surface area contributed by atoms with Gasteiger partial charge in [-0.15, -0.1) is 0 Å². The molecular formula is C15H21FN2O3. The second-order valence-electron chi connectivity index (χ2n) is 6.07. The van der Waals surface area contributed by atoms with Crippen molar-refractivity contribution in [2.45, 2.75) is 32.3 Å². The lowest BCUT2D eigenvalue weighted by Gasteiger charge is -2.45. The Labute approximate surface area is 123 Å². The van der Waals surface area contributed by atoms with Gasteiger partial charge >= 0.3 is 0 Å². The zero-order chi connectivity index (χ0) is 15.5. The Morgan fingerprint density at radius 2 is 2.14 bits per heavy atom. The largest absolute Gasteiger partial charge is 0.389 e. The maximum Gasteiger partial charge on any atom is 0.269 e. The first-order chi connectivity index (χ1) is 9.84. The number of hydrogen-bond acceptors (Lipinski definition) is 4. The first-order valence-corrected chi connectivity index (χ1v) is 7.04. The van der Waals surface area contributed by atoms with Crippen molar-refractivity contribution in [3.63, 3.8) is 0 Å². The number of ether oxygens (including phenoxy) is 1. The van der Waals surface area contributed by atoms with E-state index < -0.39 is 16.8 Å². The molecule has 1 aliphatic rings. The molecule has 1 amide bonds. The van der Waals surface area contributed by atoms with E-state index in [1.165, 1.54) is 12.1 Å². The summed E-state index contributed by atoms with van der Waals surface area (Å²) >= 11 is 0. The number of carbonyl (C=O) groups excluding carboxylic acids is 1. The molecule has 2 rings (SSSR count). The summed E-state index contributed by atoms with van der Waals surface area (Å²) < 4.78 is 18.1. The zero-order valence-electron chi connectivity index (χ0n) is 12.4. The molecule has 0 aliphatic carbocycles. The number of pyridine rings is 1. The molecule has 21 heavy (non-hydrogen) atoms. The molecule has 0 aromatic carbocycles. The van der Waals surface area contributed by atoms with Gasteiger partial charge in [-0.05, 0) is 12.1 Å². The summed E-state index contributed by atoms with van der Waals surface area (Å²) in [6.45, 7) is 5.18. The summed E-state index contributed by atoms with van der Waals surface area (Å²) in [4.78, 5) is 15.7. The molecule has 0 saturated carbocycles. The molecule has 1 aliphatic heterocycles. The van der Waals surface area contributed by atoms with Gasteiger partial charge in [0.05, 0.1) is 11.8 Å². The van der Waals surface area contributed by atoms with Crippen molar-refractivity contribution in [2.75, 3.05) is 19.8 Å². The maximum atomic E-state index is 12.8. The van der Waals surface area contributed by atoms with Gasteiger partial charge in [0, 0.05) is 38.0 Å².